The van der Waals surface area contributed by atoms with Gasteiger partial charge in [0.1, 0.15) is 6.42 Å². The van der Waals surface area contributed by atoms with Gasteiger partial charge in [0.25, 0.3) is 0 Å². The van der Waals surface area contributed by atoms with E-state index in [4.69, 9.17) is 5.73 Å². The number of rotatable bonds is 3. The third kappa shape index (κ3) is 3.74. The molecule has 79 valence electrons. The first-order valence-electron chi connectivity index (χ1n) is 4.71. The maximum Gasteiger partial charge on any atom is 0.234 e. The molecule has 14 heavy (non-hydrogen) atoms. The van der Waals surface area contributed by atoms with E-state index in [-0.39, 0.29) is 11.9 Å². The van der Waals surface area contributed by atoms with Crippen molar-refractivity contribution < 1.29 is 9.59 Å². The van der Waals surface area contributed by atoms with Gasteiger partial charge in [-0.25, -0.2) is 0 Å². The smallest absolute Gasteiger partial charge is 0.234 e. The van der Waals surface area contributed by atoms with Crippen molar-refractivity contribution in [3.05, 3.63) is 6.42 Å². The Morgan fingerprint density at radius 3 is 2.50 bits per heavy atom. The second-order valence-electron chi connectivity index (χ2n) is 3.63. The Labute approximate surface area is 83.6 Å². The Bertz CT molecular complexity index is 222. The van der Waals surface area contributed by atoms with Gasteiger partial charge in [0.05, 0.1) is 0 Å². The minimum Gasteiger partial charge on any atom is -0.369 e. The third-order valence-electron chi connectivity index (χ3n) is 2.34. The van der Waals surface area contributed by atoms with E-state index in [1.807, 2.05) is 7.05 Å². The van der Waals surface area contributed by atoms with E-state index in [0.29, 0.717) is 0 Å². The number of carbonyl (C=O) groups excluding carboxylic acids is 2. The summed E-state index contributed by atoms with van der Waals surface area (Å²) in [6.45, 7) is 1.95. The summed E-state index contributed by atoms with van der Waals surface area (Å²) in [5.41, 5.74) is 4.86. The second kappa shape index (κ2) is 4.95. The number of nitrogens with one attached hydrogen (secondary N) is 1. The number of hydrogen-bond donors (Lipinski definition) is 2. The molecule has 3 N–H and O–H groups in total. The second-order valence-corrected chi connectivity index (χ2v) is 3.63. The quantitative estimate of drug-likeness (QED) is 0.564. The first-order chi connectivity index (χ1) is 6.58. The maximum atomic E-state index is 11.1. The van der Waals surface area contributed by atoms with Gasteiger partial charge in [0, 0.05) is 6.04 Å². The van der Waals surface area contributed by atoms with E-state index < -0.39 is 5.91 Å². The summed E-state index contributed by atoms with van der Waals surface area (Å²) in [6, 6.07) is 0.175. The Hall–Kier alpha value is -1.10. The fourth-order valence-electron chi connectivity index (χ4n) is 1.52. The van der Waals surface area contributed by atoms with Crippen molar-refractivity contribution in [2.45, 2.75) is 18.9 Å². The molecule has 5 heteroatoms. The van der Waals surface area contributed by atoms with Gasteiger partial charge in [0.15, 0.2) is 0 Å². The fourth-order valence-corrected chi connectivity index (χ4v) is 1.52. The first-order valence-corrected chi connectivity index (χ1v) is 4.71. The van der Waals surface area contributed by atoms with Crippen LogP contribution in [0.15, 0.2) is 0 Å². The SMILES string of the molecule is CN1CCC(NC(=O)[CH]C(N)=O)CC1. The molecule has 0 spiro atoms. The highest BCUT2D eigenvalue weighted by Crippen LogP contribution is 2.07. The standard InChI is InChI=1S/C9H16N3O2/c1-12-4-2-7(3-5-12)11-9(14)6-8(10)13/h6-7H,2-5H2,1H3,(H2,10,13)(H,11,14). The molecule has 0 aromatic rings. The molecule has 1 radical (unpaired) electrons. The van der Waals surface area contributed by atoms with E-state index in [0.717, 1.165) is 32.4 Å². The average molecular weight is 198 g/mol. The number of hydrogen-bond acceptors (Lipinski definition) is 3. The van der Waals surface area contributed by atoms with E-state index >= 15 is 0 Å². The summed E-state index contributed by atoms with van der Waals surface area (Å²) < 4.78 is 0. The van der Waals surface area contributed by atoms with Gasteiger partial charge >= 0.3 is 0 Å². The lowest BCUT2D eigenvalue weighted by Crippen LogP contribution is -2.44. The van der Waals surface area contributed by atoms with Crippen LogP contribution in [0.1, 0.15) is 12.8 Å². The normalized spacial score (nSPS) is 19.2. The summed E-state index contributed by atoms with van der Waals surface area (Å²) in [7, 11) is 2.05. The van der Waals surface area contributed by atoms with Crippen LogP contribution < -0.4 is 11.1 Å². The van der Waals surface area contributed by atoms with Crippen molar-refractivity contribution in [1.29, 1.82) is 0 Å². The summed E-state index contributed by atoms with van der Waals surface area (Å²) >= 11 is 0. The van der Waals surface area contributed by atoms with Crippen molar-refractivity contribution in [3.8, 4) is 0 Å². The Morgan fingerprint density at radius 1 is 1.43 bits per heavy atom. The topological polar surface area (TPSA) is 75.4 Å². The van der Waals surface area contributed by atoms with Gasteiger partial charge in [-0.2, -0.15) is 0 Å². The minimum atomic E-state index is -0.699. The highest BCUT2D eigenvalue weighted by molar-refractivity contribution is 6.07. The van der Waals surface area contributed by atoms with Gasteiger partial charge in [-0.15, -0.1) is 0 Å². The molecule has 5 nitrogen and oxygen atoms in total. The fraction of sp³-hybridized carbons (Fsp3) is 0.667. The zero-order valence-electron chi connectivity index (χ0n) is 8.32. The summed E-state index contributed by atoms with van der Waals surface area (Å²) in [5, 5.41) is 2.75. The van der Waals surface area contributed by atoms with E-state index in [9.17, 15) is 9.59 Å². The number of nitrogens with two attached hydrogens (primary N) is 1. The molecule has 1 aliphatic rings. The number of carbonyl (C=O) groups is 2. The van der Waals surface area contributed by atoms with Gasteiger partial charge in [-0.3, -0.25) is 9.59 Å². The molecule has 0 aromatic heterocycles. The average Bonchev–Trinajstić information content (AvgIpc) is 2.07. The first kappa shape index (κ1) is 11.0. The number of likely N-dealkylation sites (tertiary alicyclic amines) is 1. The maximum absolute atomic E-state index is 11.1. The van der Waals surface area contributed by atoms with Gasteiger partial charge in [-0.1, -0.05) is 0 Å². The van der Waals surface area contributed by atoms with E-state index in [1.54, 1.807) is 0 Å². The predicted molar refractivity (Wildman–Crippen MR) is 52.2 cm³/mol. The lowest BCUT2D eigenvalue weighted by molar-refractivity contribution is -0.123. The number of primary amides is 1. The molecular formula is C9H16N3O2. The summed E-state index contributed by atoms with van der Waals surface area (Å²) in [4.78, 5) is 23.7. The zero-order valence-corrected chi connectivity index (χ0v) is 8.32. The van der Waals surface area contributed by atoms with Gasteiger partial charge in [0.2, 0.25) is 11.8 Å². The van der Waals surface area contributed by atoms with E-state index in [2.05, 4.69) is 10.2 Å². The molecule has 0 unspecified atom stereocenters. The molecule has 0 aliphatic carbocycles. The van der Waals surface area contributed by atoms with Gasteiger partial charge in [-0.05, 0) is 33.0 Å². The molecule has 1 heterocycles. The summed E-state index contributed by atoms with van der Waals surface area (Å²) in [5.74, 6) is -1.08. The summed E-state index contributed by atoms with van der Waals surface area (Å²) in [6.07, 6.45) is 2.74. The molecule has 0 atom stereocenters. The van der Waals surface area contributed by atoms with Crippen LogP contribution in [-0.4, -0.2) is 42.9 Å². The van der Waals surface area contributed by atoms with Crippen molar-refractivity contribution in [3.63, 3.8) is 0 Å². The molecule has 0 aromatic carbocycles. The molecule has 1 rings (SSSR count). The molecule has 0 saturated carbocycles. The van der Waals surface area contributed by atoms with Crippen LogP contribution in [0.2, 0.25) is 0 Å². The largest absolute Gasteiger partial charge is 0.369 e. The minimum absolute atomic E-state index is 0.175. The number of piperidine rings is 1. The highest BCUT2D eigenvalue weighted by Gasteiger charge is 2.18. The van der Waals surface area contributed by atoms with Crippen LogP contribution in [0, 0.1) is 6.42 Å². The number of nitrogens with zero attached hydrogens (tertiary/aromatic N) is 1. The lowest BCUT2D eigenvalue weighted by Gasteiger charge is -2.29. The predicted octanol–water partition coefficient (Wildman–Crippen LogP) is -1.11. The Kier molecular flexibility index (Phi) is 3.88. The van der Waals surface area contributed by atoms with Crippen molar-refractivity contribution in [2.75, 3.05) is 20.1 Å². The van der Waals surface area contributed by atoms with Crippen LogP contribution in [0.3, 0.4) is 0 Å². The van der Waals surface area contributed by atoms with Crippen LogP contribution in [0.25, 0.3) is 0 Å². The molecule has 1 aliphatic heterocycles. The van der Waals surface area contributed by atoms with E-state index in [1.165, 1.54) is 0 Å². The Balaban J connectivity index is 2.24. The zero-order chi connectivity index (χ0) is 10.6. The monoisotopic (exact) mass is 198 g/mol. The molecule has 1 fully saturated rings. The van der Waals surface area contributed by atoms with Crippen molar-refractivity contribution in [2.24, 2.45) is 5.73 Å². The molecule has 2 amide bonds. The highest BCUT2D eigenvalue weighted by atomic mass is 16.2. The van der Waals surface area contributed by atoms with Crippen LogP contribution in [0.4, 0.5) is 0 Å². The van der Waals surface area contributed by atoms with Crippen LogP contribution in [0.5, 0.6) is 0 Å². The molecular weight excluding hydrogens is 182 g/mol. The molecule has 1 saturated heterocycles. The van der Waals surface area contributed by atoms with Crippen LogP contribution in [-0.2, 0) is 9.59 Å². The Morgan fingerprint density at radius 2 is 2.00 bits per heavy atom. The van der Waals surface area contributed by atoms with Crippen molar-refractivity contribution in [1.82, 2.24) is 10.2 Å². The van der Waals surface area contributed by atoms with Gasteiger partial charge < -0.3 is 16.0 Å². The third-order valence-corrected chi connectivity index (χ3v) is 2.34. The molecule has 0 bridgehead atoms. The number of amides is 2. The van der Waals surface area contributed by atoms with Crippen molar-refractivity contribution >= 4 is 11.8 Å². The lowest BCUT2D eigenvalue weighted by atomic mass is 10.1. The van der Waals surface area contributed by atoms with Crippen LogP contribution >= 0.6 is 0 Å².